The molecule has 0 bridgehead atoms. The Kier molecular flexibility index (Phi) is 4.44. The minimum atomic E-state index is -0.222. The monoisotopic (exact) mass is 402 g/mol. The maximum atomic E-state index is 11.8. The summed E-state index contributed by atoms with van der Waals surface area (Å²) in [7, 11) is 1.57. The zero-order valence-electron chi connectivity index (χ0n) is 13.4. The summed E-state index contributed by atoms with van der Waals surface area (Å²) in [5.74, 6) is 0.928. The molecule has 0 radical (unpaired) electrons. The molecule has 8 heteroatoms. The summed E-state index contributed by atoms with van der Waals surface area (Å²) in [5, 5.41) is 3.91. The number of amides is 1. The van der Waals surface area contributed by atoms with Crippen LogP contribution in [0.4, 0.5) is 0 Å². The molecule has 1 aliphatic rings. The molecule has 1 fully saturated rings. The van der Waals surface area contributed by atoms with Crippen molar-refractivity contribution in [3.8, 4) is 16.9 Å². The minimum absolute atomic E-state index is 0.222. The number of nitrogens with one attached hydrogen (secondary N) is 1. The summed E-state index contributed by atoms with van der Waals surface area (Å²) in [6, 6.07) is 7.32. The van der Waals surface area contributed by atoms with Gasteiger partial charge >= 0.3 is 0 Å². The lowest BCUT2D eigenvalue weighted by Gasteiger charge is -2.06. The number of methoxy groups -OCH3 is 1. The van der Waals surface area contributed by atoms with Gasteiger partial charge < -0.3 is 14.5 Å². The fourth-order valence-electron chi connectivity index (χ4n) is 2.64. The number of halogens is 1. The number of rotatable bonds is 3. The largest absolute Gasteiger partial charge is 0.495 e. The number of hydrogen-bond acceptors (Lipinski definition) is 6. The quantitative estimate of drug-likeness (QED) is 0.508. The molecule has 1 amide bonds. The molecule has 0 spiro atoms. The fraction of sp³-hybridized carbons (Fsp3) is 0.0556. The molecule has 1 N–H and O–H groups in total. The predicted octanol–water partition coefficient (Wildman–Crippen LogP) is 4.65. The third-order valence-corrected chi connectivity index (χ3v) is 5.28. The van der Waals surface area contributed by atoms with Crippen LogP contribution in [0.5, 0.6) is 5.75 Å². The summed E-state index contributed by atoms with van der Waals surface area (Å²) in [5.41, 5.74) is 2.33. The van der Waals surface area contributed by atoms with Crippen molar-refractivity contribution in [2.75, 3.05) is 7.11 Å². The summed E-state index contributed by atoms with van der Waals surface area (Å²) in [4.78, 5) is 16.6. The van der Waals surface area contributed by atoms with Crippen molar-refractivity contribution in [2.45, 2.75) is 0 Å². The molecular formula is C18H11ClN2O3S2. The van der Waals surface area contributed by atoms with Crippen molar-refractivity contribution in [1.82, 2.24) is 10.3 Å². The molecule has 2 aromatic heterocycles. The number of thioether (sulfide) groups is 1. The van der Waals surface area contributed by atoms with E-state index in [1.165, 1.54) is 11.8 Å². The highest BCUT2D eigenvalue weighted by atomic mass is 35.5. The zero-order valence-corrected chi connectivity index (χ0v) is 15.8. The number of carbonyl (C=O) groups excluding carboxylic acids is 1. The first kappa shape index (κ1) is 17.1. The van der Waals surface area contributed by atoms with Crippen LogP contribution in [0, 0.1) is 0 Å². The van der Waals surface area contributed by atoms with Gasteiger partial charge in [-0.05, 0) is 23.8 Å². The first-order chi connectivity index (χ1) is 12.5. The van der Waals surface area contributed by atoms with Crippen LogP contribution < -0.4 is 10.1 Å². The van der Waals surface area contributed by atoms with Crippen LogP contribution in [-0.4, -0.2) is 22.3 Å². The number of carbonyl (C=O) groups is 1. The van der Waals surface area contributed by atoms with Gasteiger partial charge in [-0.25, -0.2) is 0 Å². The number of aromatic nitrogens is 1. The molecular weight excluding hydrogens is 392 g/mol. The molecule has 0 aliphatic carbocycles. The van der Waals surface area contributed by atoms with Crippen LogP contribution in [0.3, 0.4) is 0 Å². The van der Waals surface area contributed by atoms with Crippen molar-refractivity contribution in [3.63, 3.8) is 0 Å². The van der Waals surface area contributed by atoms with Crippen LogP contribution in [-0.2, 0) is 4.79 Å². The zero-order chi connectivity index (χ0) is 18.3. The summed E-state index contributed by atoms with van der Waals surface area (Å²) in [6.45, 7) is 0. The van der Waals surface area contributed by atoms with E-state index in [9.17, 15) is 4.79 Å². The highest BCUT2D eigenvalue weighted by Gasteiger charge is 2.23. The molecule has 1 aromatic carbocycles. The number of thiocarbonyl (C=S) groups is 1. The number of nitrogens with zero attached hydrogens (tertiary/aromatic N) is 1. The van der Waals surface area contributed by atoms with Gasteiger partial charge in [-0.2, -0.15) is 0 Å². The second kappa shape index (κ2) is 6.75. The topological polar surface area (TPSA) is 64.4 Å². The van der Waals surface area contributed by atoms with Gasteiger partial charge in [-0.3, -0.25) is 9.78 Å². The van der Waals surface area contributed by atoms with Gasteiger partial charge in [0.15, 0.2) is 0 Å². The Morgan fingerprint density at radius 1 is 1.35 bits per heavy atom. The van der Waals surface area contributed by atoms with Gasteiger partial charge in [0.05, 0.1) is 17.0 Å². The normalized spacial score (nSPS) is 15.7. The average molecular weight is 403 g/mol. The van der Waals surface area contributed by atoms with E-state index in [2.05, 4.69) is 10.3 Å². The first-order valence-corrected chi connectivity index (χ1v) is 9.12. The number of furan rings is 1. The lowest BCUT2D eigenvalue weighted by molar-refractivity contribution is -0.115. The molecule has 4 rings (SSSR count). The standard InChI is InChI=1S/C18H11ClN2O3S2/c1-23-14-3-2-9(5-13(14)19)12-8-20-7-10-4-11(24-16(10)12)6-15-17(22)21-18(25)26-15/h2-8H,1H3,(H,21,22,25). The molecule has 5 nitrogen and oxygen atoms in total. The Morgan fingerprint density at radius 2 is 2.19 bits per heavy atom. The molecule has 0 saturated carbocycles. The Hall–Kier alpha value is -2.35. The lowest BCUT2D eigenvalue weighted by atomic mass is 10.1. The lowest BCUT2D eigenvalue weighted by Crippen LogP contribution is -2.17. The number of benzene rings is 1. The second-order valence-electron chi connectivity index (χ2n) is 5.46. The van der Waals surface area contributed by atoms with Crippen molar-refractivity contribution in [1.29, 1.82) is 0 Å². The molecule has 1 aliphatic heterocycles. The van der Waals surface area contributed by atoms with Gasteiger partial charge in [0, 0.05) is 29.4 Å². The Labute approximate surface area is 163 Å². The Bertz CT molecular complexity index is 1090. The van der Waals surface area contributed by atoms with E-state index in [1.807, 2.05) is 12.1 Å². The van der Waals surface area contributed by atoms with Crippen molar-refractivity contribution in [2.24, 2.45) is 0 Å². The fourth-order valence-corrected chi connectivity index (χ4v) is 3.93. The Morgan fingerprint density at radius 3 is 2.88 bits per heavy atom. The van der Waals surface area contributed by atoms with E-state index in [4.69, 9.17) is 33.0 Å². The van der Waals surface area contributed by atoms with Crippen LogP contribution in [0.25, 0.3) is 28.2 Å². The number of ether oxygens (including phenoxy) is 1. The van der Waals surface area contributed by atoms with E-state index in [-0.39, 0.29) is 5.91 Å². The molecule has 130 valence electrons. The minimum Gasteiger partial charge on any atom is -0.495 e. The van der Waals surface area contributed by atoms with Crippen molar-refractivity contribution in [3.05, 3.63) is 52.3 Å². The second-order valence-corrected chi connectivity index (χ2v) is 7.58. The molecule has 3 heterocycles. The first-order valence-electron chi connectivity index (χ1n) is 7.51. The highest BCUT2D eigenvalue weighted by Crippen LogP contribution is 2.35. The molecule has 0 unspecified atom stereocenters. The van der Waals surface area contributed by atoms with Crippen LogP contribution in [0.15, 0.2) is 46.0 Å². The number of hydrogen-bond donors (Lipinski definition) is 1. The third kappa shape index (κ3) is 3.09. The SMILES string of the molecule is COc1ccc(-c2cncc3cc(C=C4SC(=S)NC4=O)oc23)cc1Cl. The van der Waals surface area contributed by atoms with E-state index >= 15 is 0 Å². The highest BCUT2D eigenvalue weighted by molar-refractivity contribution is 8.26. The number of pyridine rings is 1. The van der Waals surface area contributed by atoms with E-state index in [0.717, 1.165) is 16.5 Å². The summed E-state index contributed by atoms with van der Waals surface area (Å²) < 4.78 is 11.6. The summed E-state index contributed by atoms with van der Waals surface area (Å²) >= 11 is 12.4. The maximum absolute atomic E-state index is 11.8. The summed E-state index contributed by atoms with van der Waals surface area (Å²) in [6.07, 6.45) is 5.10. The van der Waals surface area contributed by atoms with E-state index in [1.54, 1.807) is 37.7 Å². The smallest absolute Gasteiger partial charge is 0.263 e. The predicted molar refractivity (Wildman–Crippen MR) is 107 cm³/mol. The Balaban J connectivity index is 1.79. The number of fused-ring (bicyclic) bond motifs is 1. The van der Waals surface area contributed by atoms with Gasteiger partial charge in [-0.1, -0.05) is 41.6 Å². The van der Waals surface area contributed by atoms with E-state index < -0.39 is 0 Å². The maximum Gasteiger partial charge on any atom is 0.263 e. The van der Waals surface area contributed by atoms with E-state index in [0.29, 0.717) is 31.3 Å². The van der Waals surface area contributed by atoms with Gasteiger partial charge in [-0.15, -0.1) is 0 Å². The van der Waals surface area contributed by atoms with Gasteiger partial charge in [0.2, 0.25) is 0 Å². The van der Waals surface area contributed by atoms with Crippen molar-refractivity contribution >= 4 is 62.9 Å². The third-order valence-electron chi connectivity index (χ3n) is 3.82. The van der Waals surface area contributed by atoms with Crippen LogP contribution in [0.1, 0.15) is 5.76 Å². The van der Waals surface area contributed by atoms with Crippen molar-refractivity contribution < 1.29 is 13.9 Å². The molecule has 3 aromatic rings. The molecule has 0 atom stereocenters. The molecule has 1 saturated heterocycles. The van der Waals surface area contributed by atoms with Gasteiger partial charge in [0.25, 0.3) is 5.91 Å². The molecule has 26 heavy (non-hydrogen) atoms. The van der Waals surface area contributed by atoms with Crippen LogP contribution >= 0.6 is 35.6 Å². The average Bonchev–Trinajstić information content (AvgIpc) is 3.16. The van der Waals surface area contributed by atoms with Crippen LogP contribution in [0.2, 0.25) is 5.02 Å². The van der Waals surface area contributed by atoms with Gasteiger partial charge in [0.1, 0.15) is 21.4 Å².